The molecular formula is C19H17Cl2N3O3. The van der Waals surface area contributed by atoms with Crippen LogP contribution >= 0.6 is 23.2 Å². The molecule has 0 unspecified atom stereocenters. The third-order valence-corrected chi connectivity index (χ3v) is 4.80. The first-order valence-electron chi connectivity index (χ1n) is 8.11. The van der Waals surface area contributed by atoms with Gasteiger partial charge in [0.2, 0.25) is 0 Å². The molecule has 0 spiro atoms. The normalized spacial score (nSPS) is 18.8. The van der Waals surface area contributed by atoms with Crippen LogP contribution in [0.3, 0.4) is 0 Å². The SMILES string of the molecule is COC(=O)[C@]1(C)CN(C(=O)Nc2ccc(Cl)cc2)N=C1c1ccc(Cl)cc1. The van der Waals surface area contributed by atoms with E-state index in [2.05, 4.69) is 10.4 Å². The van der Waals surface area contributed by atoms with Crippen molar-refractivity contribution < 1.29 is 14.3 Å². The van der Waals surface area contributed by atoms with Crippen LogP contribution in [0.1, 0.15) is 12.5 Å². The molecule has 1 aliphatic heterocycles. The van der Waals surface area contributed by atoms with Gasteiger partial charge in [-0.25, -0.2) is 9.80 Å². The number of benzene rings is 2. The number of carbonyl (C=O) groups is 2. The fourth-order valence-corrected chi connectivity index (χ4v) is 3.10. The maximum absolute atomic E-state index is 12.6. The minimum absolute atomic E-state index is 0.0526. The molecule has 1 atom stereocenters. The van der Waals surface area contributed by atoms with E-state index in [1.54, 1.807) is 55.5 Å². The summed E-state index contributed by atoms with van der Waals surface area (Å²) in [5.41, 5.74) is 0.602. The van der Waals surface area contributed by atoms with Crippen LogP contribution < -0.4 is 5.32 Å². The lowest BCUT2D eigenvalue weighted by Crippen LogP contribution is -2.42. The summed E-state index contributed by atoms with van der Waals surface area (Å²) in [5, 5.41) is 9.47. The molecule has 0 bridgehead atoms. The summed E-state index contributed by atoms with van der Waals surface area (Å²) in [4.78, 5) is 25.1. The van der Waals surface area contributed by atoms with Crippen molar-refractivity contribution in [3.63, 3.8) is 0 Å². The number of anilines is 1. The molecule has 0 saturated carbocycles. The van der Waals surface area contributed by atoms with Crippen molar-refractivity contribution in [1.29, 1.82) is 0 Å². The molecule has 2 amide bonds. The Morgan fingerprint density at radius 1 is 1.07 bits per heavy atom. The largest absolute Gasteiger partial charge is 0.468 e. The number of hydrazone groups is 1. The molecule has 27 heavy (non-hydrogen) atoms. The van der Waals surface area contributed by atoms with Gasteiger partial charge in [-0.05, 0) is 48.9 Å². The first-order valence-corrected chi connectivity index (χ1v) is 8.86. The second kappa shape index (κ2) is 7.58. The lowest BCUT2D eigenvalue weighted by atomic mass is 9.82. The monoisotopic (exact) mass is 405 g/mol. The average molecular weight is 406 g/mol. The van der Waals surface area contributed by atoms with Crippen molar-refractivity contribution in [3.05, 3.63) is 64.1 Å². The number of carbonyl (C=O) groups excluding carboxylic acids is 2. The number of nitrogens with one attached hydrogen (secondary N) is 1. The highest BCUT2D eigenvalue weighted by Gasteiger charge is 2.48. The molecule has 2 aromatic rings. The van der Waals surface area contributed by atoms with E-state index in [0.29, 0.717) is 27.0 Å². The minimum atomic E-state index is -1.10. The summed E-state index contributed by atoms with van der Waals surface area (Å²) >= 11 is 11.8. The van der Waals surface area contributed by atoms with Gasteiger partial charge >= 0.3 is 12.0 Å². The number of amides is 2. The predicted molar refractivity (Wildman–Crippen MR) is 105 cm³/mol. The Morgan fingerprint density at radius 3 is 2.19 bits per heavy atom. The van der Waals surface area contributed by atoms with Gasteiger partial charge in [0.1, 0.15) is 5.41 Å². The molecule has 6 nitrogen and oxygen atoms in total. The Balaban J connectivity index is 1.90. The molecule has 0 fully saturated rings. The summed E-state index contributed by atoms with van der Waals surface area (Å²) < 4.78 is 4.95. The van der Waals surface area contributed by atoms with Gasteiger partial charge in [-0.2, -0.15) is 5.10 Å². The van der Waals surface area contributed by atoms with Crippen LogP contribution in [0.2, 0.25) is 10.0 Å². The molecule has 140 valence electrons. The maximum atomic E-state index is 12.6. The third kappa shape index (κ3) is 3.91. The van der Waals surface area contributed by atoms with Gasteiger partial charge < -0.3 is 10.1 Å². The lowest BCUT2D eigenvalue weighted by molar-refractivity contribution is -0.147. The number of ether oxygens (including phenoxy) is 1. The highest BCUT2D eigenvalue weighted by molar-refractivity contribution is 6.31. The molecular weight excluding hydrogens is 389 g/mol. The number of methoxy groups -OCH3 is 1. The van der Waals surface area contributed by atoms with Gasteiger partial charge in [-0.1, -0.05) is 35.3 Å². The second-order valence-corrected chi connectivity index (χ2v) is 7.15. The van der Waals surface area contributed by atoms with Gasteiger partial charge in [-0.3, -0.25) is 4.79 Å². The first kappa shape index (κ1) is 19.2. The Kier molecular flexibility index (Phi) is 5.39. The van der Waals surface area contributed by atoms with Crippen LogP contribution in [0.15, 0.2) is 53.6 Å². The van der Waals surface area contributed by atoms with E-state index in [1.165, 1.54) is 12.1 Å². The molecule has 1 aliphatic rings. The van der Waals surface area contributed by atoms with Crippen LogP contribution in [-0.2, 0) is 9.53 Å². The van der Waals surface area contributed by atoms with E-state index in [1.807, 2.05) is 0 Å². The number of nitrogens with zero attached hydrogens (tertiary/aromatic N) is 2. The predicted octanol–water partition coefficient (Wildman–Crippen LogP) is 4.42. The lowest BCUT2D eigenvalue weighted by Gasteiger charge is -2.23. The standard InChI is InChI=1S/C19H17Cl2N3O3/c1-19(17(25)27-2)11-24(18(26)22-15-9-7-14(21)8-10-15)23-16(19)12-3-5-13(20)6-4-12/h3-10H,11H2,1-2H3,(H,22,26)/t19-/m1/s1. The second-order valence-electron chi connectivity index (χ2n) is 6.27. The van der Waals surface area contributed by atoms with E-state index < -0.39 is 17.4 Å². The minimum Gasteiger partial charge on any atom is -0.468 e. The zero-order chi connectivity index (χ0) is 19.6. The summed E-state index contributed by atoms with van der Waals surface area (Å²) in [6.07, 6.45) is 0. The van der Waals surface area contributed by atoms with Crippen LogP contribution in [0.5, 0.6) is 0 Å². The zero-order valence-corrected chi connectivity index (χ0v) is 16.2. The fourth-order valence-electron chi connectivity index (χ4n) is 2.85. The molecule has 8 heteroatoms. The average Bonchev–Trinajstić information content (AvgIpc) is 3.02. The zero-order valence-electron chi connectivity index (χ0n) is 14.7. The number of halogens is 2. The Bertz CT molecular complexity index is 897. The molecule has 3 rings (SSSR count). The summed E-state index contributed by atoms with van der Waals surface area (Å²) in [6.45, 7) is 1.75. The van der Waals surface area contributed by atoms with Crippen LogP contribution in [0, 0.1) is 5.41 Å². The Morgan fingerprint density at radius 2 is 1.63 bits per heavy atom. The van der Waals surface area contributed by atoms with Gasteiger partial charge in [0.25, 0.3) is 0 Å². The summed E-state index contributed by atoms with van der Waals surface area (Å²) in [5.74, 6) is -0.474. The van der Waals surface area contributed by atoms with Gasteiger partial charge in [0.15, 0.2) is 0 Å². The van der Waals surface area contributed by atoms with Gasteiger partial charge in [0.05, 0.1) is 19.4 Å². The van der Waals surface area contributed by atoms with Gasteiger partial charge in [-0.15, -0.1) is 0 Å². The van der Waals surface area contributed by atoms with Crippen LogP contribution in [0.4, 0.5) is 10.5 Å². The van der Waals surface area contributed by atoms with E-state index in [-0.39, 0.29) is 6.54 Å². The number of esters is 1. The highest BCUT2D eigenvalue weighted by Crippen LogP contribution is 2.33. The number of rotatable bonds is 3. The summed E-state index contributed by atoms with van der Waals surface area (Å²) in [7, 11) is 1.31. The highest BCUT2D eigenvalue weighted by atomic mass is 35.5. The summed E-state index contributed by atoms with van der Waals surface area (Å²) in [6, 6.07) is 13.1. The third-order valence-electron chi connectivity index (χ3n) is 4.29. The van der Waals surface area contributed by atoms with Crippen molar-refractivity contribution in [3.8, 4) is 0 Å². The first-order chi connectivity index (χ1) is 12.8. The topological polar surface area (TPSA) is 71.0 Å². The number of hydrogen-bond acceptors (Lipinski definition) is 4. The number of urea groups is 1. The molecule has 0 aromatic heterocycles. The maximum Gasteiger partial charge on any atom is 0.342 e. The van der Waals surface area contributed by atoms with Crippen molar-refractivity contribution in [2.75, 3.05) is 19.0 Å². The quantitative estimate of drug-likeness (QED) is 0.767. The van der Waals surface area contributed by atoms with Crippen molar-refractivity contribution in [2.24, 2.45) is 10.5 Å². The molecule has 0 aliphatic carbocycles. The van der Waals surface area contributed by atoms with Crippen LogP contribution in [0.25, 0.3) is 0 Å². The molecule has 0 radical (unpaired) electrons. The Labute approximate surface area is 166 Å². The van der Waals surface area contributed by atoms with E-state index in [9.17, 15) is 9.59 Å². The van der Waals surface area contributed by atoms with Crippen LogP contribution in [-0.4, -0.2) is 36.4 Å². The van der Waals surface area contributed by atoms with E-state index >= 15 is 0 Å². The molecule has 0 saturated heterocycles. The molecule has 2 aromatic carbocycles. The van der Waals surface area contributed by atoms with E-state index in [4.69, 9.17) is 27.9 Å². The Hall–Kier alpha value is -2.57. The van der Waals surface area contributed by atoms with E-state index in [0.717, 1.165) is 0 Å². The smallest absolute Gasteiger partial charge is 0.342 e. The van der Waals surface area contributed by atoms with Crippen molar-refractivity contribution in [2.45, 2.75) is 6.92 Å². The molecule has 1 N–H and O–H groups in total. The molecule has 1 heterocycles. The van der Waals surface area contributed by atoms with Crippen molar-refractivity contribution in [1.82, 2.24) is 5.01 Å². The number of hydrogen-bond donors (Lipinski definition) is 1. The fraction of sp³-hybridized carbons (Fsp3) is 0.211. The van der Waals surface area contributed by atoms with Crippen molar-refractivity contribution >= 4 is 46.6 Å². The van der Waals surface area contributed by atoms with Gasteiger partial charge in [0, 0.05) is 15.7 Å².